The van der Waals surface area contributed by atoms with Gasteiger partial charge in [-0.25, -0.2) is 9.59 Å². The molecule has 1 fully saturated rings. The van der Waals surface area contributed by atoms with Crippen LogP contribution in [0.4, 0.5) is 4.79 Å². The number of rotatable bonds is 8. The highest BCUT2D eigenvalue weighted by Crippen LogP contribution is 2.20. The van der Waals surface area contributed by atoms with E-state index in [0.29, 0.717) is 18.2 Å². The molecule has 1 heterocycles. The van der Waals surface area contributed by atoms with E-state index in [1.807, 2.05) is 0 Å². The Morgan fingerprint density at radius 1 is 1.30 bits per heavy atom. The Morgan fingerprint density at radius 2 is 2.00 bits per heavy atom. The van der Waals surface area contributed by atoms with Crippen LogP contribution in [0, 0.1) is 5.92 Å². The molecule has 5 nitrogen and oxygen atoms in total. The lowest BCUT2D eigenvalue weighted by atomic mass is 10.0. The minimum atomic E-state index is -0.918. The van der Waals surface area contributed by atoms with Gasteiger partial charge in [-0.3, -0.25) is 0 Å². The van der Waals surface area contributed by atoms with Crippen LogP contribution in [-0.4, -0.2) is 46.2 Å². The van der Waals surface area contributed by atoms with Crippen LogP contribution in [0.15, 0.2) is 0 Å². The van der Waals surface area contributed by atoms with Crippen molar-refractivity contribution in [3.8, 4) is 0 Å². The maximum absolute atomic E-state index is 11.9. The first-order valence-electron chi connectivity index (χ1n) is 7.37. The number of urea groups is 1. The van der Waals surface area contributed by atoms with Gasteiger partial charge in [0, 0.05) is 12.3 Å². The van der Waals surface area contributed by atoms with Gasteiger partial charge < -0.3 is 15.3 Å². The monoisotopic (exact) mass is 302 g/mol. The molecule has 0 aromatic rings. The third-order valence-corrected chi connectivity index (χ3v) is 4.42. The third kappa shape index (κ3) is 6.03. The number of nitrogens with one attached hydrogen (secondary N) is 1. The normalized spacial score (nSPS) is 18.6. The third-order valence-electron chi connectivity index (χ3n) is 3.41. The molecule has 0 saturated carbocycles. The Kier molecular flexibility index (Phi) is 7.80. The maximum Gasteiger partial charge on any atom is 0.327 e. The first-order chi connectivity index (χ1) is 9.52. The van der Waals surface area contributed by atoms with E-state index in [2.05, 4.69) is 19.2 Å². The number of aliphatic carboxylic acids is 1. The van der Waals surface area contributed by atoms with E-state index in [0.717, 1.165) is 18.8 Å². The number of hydrogen-bond donors (Lipinski definition) is 2. The second kappa shape index (κ2) is 9.10. The van der Waals surface area contributed by atoms with Crippen LogP contribution in [0.3, 0.4) is 0 Å². The molecule has 1 saturated heterocycles. The van der Waals surface area contributed by atoms with Crippen LogP contribution in [0.1, 0.15) is 46.0 Å². The Labute approximate surface area is 125 Å². The maximum atomic E-state index is 11.9. The lowest BCUT2D eigenvalue weighted by Crippen LogP contribution is -2.47. The van der Waals surface area contributed by atoms with Crippen LogP contribution in [-0.2, 0) is 4.79 Å². The van der Waals surface area contributed by atoms with Crippen molar-refractivity contribution < 1.29 is 14.7 Å². The molecule has 0 spiro atoms. The molecule has 116 valence electrons. The summed E-state index contributed by atoms with van der Waals surface area (Å²) in [6.07, 6.45) is 5.78. The molecule has 2 N–H and O–H groups in total. The number of hydrogen-bond acceptors (Lipinski definition) is 3. The SMILES string of the molecule is CC(C)CCCCCCNC(=O)N1CSC[C@H]1C(=O)O. The molecule has 2 amide bonds. The first-order valence-corrected chi connectivity index (χ1v) is 8.53. The van der Waals surface area contributed by atoms with Crippen molar-refractivity contribution in [1.29, 1.82) is 0 Å². The van der Waals surface area contributed by atoms with Gasteiger partial charge in [-0.05, 0) is 12.3 Å². The molecular formula is C14H26N2O3S. The van der Waals surface area contributed by atoms with Gasteiger partial charge in [0.05, 0.1) is 5.88 Å². The zero-order valence-electron chi connectivity index (χ0n) is 12.4. The van der Waals surface area contributed by atoms with Gasteiger partial charge in [-0.2, -0.15) is 0 Å². The van der Waals surface area contributed by atoms with Crippen molar-refractivity contribution in [2.75, 3.05) is 18.2 Å². The number of amides is 2. The van der Waals surface area contributed by atoms with Gasteiger partial charge in [-0.1, -0.05) is 39.5 Å². The Hall–Kier alpha value is -0.910. The van der Waals surface area contributed by atoms with Gasteiger partial charge in [0.25, 0.3) is 0 Å². The summed E-state index contributed by atoms with van der Waals surface area (Å²) >= 11 is 1.48. The Balaban J connectivity index is 2.09. The fourth-order valence-corrected chi connectivity index (χ4v) is 3.32. The second-order valence-electron chi connectivity index (χ2n) is 5.65. The highest BCUT2D eigenvalue weighted by molar-refractivity contribution is 7.99. The highest BCUT2D eigenvalue weighted by atomic mass is 32.2. The van der Waals surface area contributed by atoms with Gasteiger partial charge in [0.15, 0.2) is 0 Å². The average Bonchev–Trinajstić information content (AvgIpc) is 2.86. The quantitative estimate of drug-likeness (QED) is 0.676. The molecule has 0 bridgehead atoms. The Bertz CT molecular complexity index is 324. The summed E-state index contributed by atoms with van der Waals surface area (Å²) in [5.74, 6) is 0.795. The molecule has 20 heavy (non-hydrogen) atoms. The van der Waals surface area contributed by atoms with Crippen LogP contribution < -0.4 is 5.32 Å². The number of carbonyl (C=O) groups excluding carboxylic acids is 1. The number of carboxylic acids is 1. The lowest BCUT2D eigenvalue weighted by Gasteiger charge is -2.20. The van der Waals surface area contributed by atoms with Crippen LogP contribution >= 0.6 is 11.8 Å². The van der Waals surface area contributed by atoms with Crippen molar-refractivity contribution in [3.05, 3.63) is 0 Å². The summed E-state index contributed by atoms with van der Waals surface area (Å²) in [5.41, 5.74) is 0. The molecular weight excluding hydrogens is 276 g/mol. The van der Waals surface area contributed by atoms with Gasteiger partial charge in [-0.15, -0.1) is 11.8 Å². The van der Waals surface area contributed by atoms with E-state index < -0.39 is 12.0 Å². The largest absolute Gasteiger partial charge is 0.480 e. The minimum Gasteiger partial charge on any atom is -0.480 e. The zero-order chi connectivity index (χ0) is 15.0. The predicted octanol–water partition coefficient (Wildman–Crippen LogP) is 2.76. The van der Waals surface area contributed by atoms with E-state index in [4.69, 9.17) is 5.11 Å². The number of thioether (sulfide) groups is 1. The molecule has 1 rings (SSSR count). The Morgan fingerprint density at radius 3 is 2.65 bits per heavy atom. The molecule has 1 aliphatic rings. The van der Waals surface area contributed by atoms with Crippen molar-refractivity contribution in [1.82, 2.24) is 10.2 Å². The summed E-state index contributed by atoms with van der Waals surface area (Å²) in [7, 11) is 0. The summed E-state index contributed by atoms with van der Waals surface area (Å²) in [6.45, 7) is 5.09. The van der Waals surface area contributed by atoms with E-state index in [1.54, 1.807) is 0 Å². The summed E-state index contributed by atoms with van der Waals surface area (Å²) < 4.78 is 0. The standard InChI is InChI=1S/C14H26N2O3S/c1-11(2)7-5-3-4-6-8-15-14(19)16-10-20-9-12(16)13(17)18/h11-12H,3-10H2,1-2H3,(H,15,19)(H,17,18)/t12-/m0/s1. The van der Waals surface area contributed by atoms with Crippen LogP contribution in [0.2, 0.25) is 0 Å². The van der Waals surface area contributed by atoms with Gasteiger partial charge >= 0.3 is 12.0 Å². The average molecular weight is 302 g/mol. The molecule has 6 heteroatoms. The fraction of sp³-hybridized carbons (Fsp3) is 0.857. The van der Waals surface area contributed by atoms with Gasteiger partial charge in [0.1, 0.15) is 6.04 Å². The number of unbranched alkanes of at least 4 members (excludes halogenated alkanes) is 3. The molecule has 0 aliphatic carbocycles. The highest BCUT2D eigenvalue weighted by Gasteiger charge is 2.34. The van der Waals surface area contributed by atoms with Crippen molar-refractivity contribution >= 4 is 23.8 Å². The van der Waals surface area contributed by atoms with Crippen molar-refractivity contribution in [2.24, 2.45) is 5.92 Å². The van der Waals surface area contributed by atoms with E-state index in [9.17, 15) is 9.59 Å². The van der Waals surface area contributed by atoms with Crippen LogP contribution in [0.5, 0.6) is 0 Å². The molecule has 1 aliphatic heterocycles. The molecule has 0 unspecified atom stereocenters. The van der Waals surface area contributed by atoms with E-state index >= 15 is 0 Å². The minimum absolute atomic E-state index is 0.246. The smallest absolute Gasteiger partial charge is 0.327 e. The van der Waals surface area contributed by atoms with E-state index in [1.165, 1.54) is 35.9 Å². The molecule has 0 aromatic heterocycles. The fourth-order valence-electron chi connectivity index (χ4n) is 2.18. The molecule has 1 atom stereocenters. The van der Waals surface area contributed by atoms with E-state index in [-0.39, 0.29) is 6.03 Å². The topological polar surface area (TPSA) is 69.6 Å². The lowest BCUT2D eigenvalue weighted by molar-refractivity contribution is -0.140. The second-order valence-corrected chi connectivity index (χ2v) is 6.65. The number of carboxylic acid groups (broad SMARTS) is 1. The molecule has 0 aromatic carbocycles. The summed E-state index contributed by atoms with van der Waals surface area (Å²) in [4.78, 5) is 24.3. The predicted molar refractivity (Wildman–Crippen MR) is 81.9 cm³/mol. The zero-order valence-corrected chi connectivity index (χ0v) is 13.2. The van der Waals surface area contributed by atoms with Crippen LogP contribution in [0.25, 0.3) is 0 Å². The first kappa shape index (κ1) is 17.1. The van der Waals surface area contributed by atoms with Gasteiger partial charge in [0.2, 0.25) is 0 Å². The summed E-state index contributed by atoms with van der Waals surface area (Å²) in [6, 6.07) is -0.921. The van der Waals surface area contributed by atoms with Crippen molar-refractivity contribution in [3.63, 3.8) is 0 Å². The molecule has 0 radical (unpaired) electrons. The number of nitrogens with zero attached hydrogens (tertiary/aromatic N) is 1. The number of carbonyl (C=O) groups is 2. The van der Waals surface area contributed by atoms with Crippen molar-refractivity contribution in [2.45, 2.75) is 52.0 Å². The summed E-state index contributed by atoms with van der Waals surface area (Å²) in [5, 5.41) is 11.8.